The Bertz CT molecular complexity index is 606. The molecule has 3 nitrogen and oxygen atoms in total. The zero-order valence-electron chi connectivity index (χ0n) is 10.8. The van der Waals surface area contributed by atoms with Crippen LogP contribution in [0.15, 0.2) is 29.6 Å². The Kier molecular flexibility index (Phi) is 3.44. The Morgan fingerprint density at radius 2 is 2.32 bits per heavy atom. The number of hydrogen-bond donors (Lipinski definition) is 0. The first-order chi connectivity index (χ1) is 9.24. The van der Waals surface area contributed by atoms with E-state index in [0.717, 1.165) is 22.7 Å². The van der Waals surface area contributed by atoms with Gasteiger partial charge < -0.3 is 4.74 Å². The maximum Gasteiger partial charge on any atom is 0.172 e. The molecule has 0 saturated heterocycles. The van der Waals surface area contributed by atoms with Gasteiger partial charge in [0.05, 0.1) is 13.0 Å². The molecule has 1 unspecified atom stereocenters. The number of nitrogens with zero attached hydrogens (tertiary/aromatic N) is 1. The lowest BCUT2D eigenvalue weighted by molar-refractivity contribution is -0.131. The number of hydrogen-bond acceptors (Lipinski definition) is 4. The molecule has 0 bridgehead atoms. The van der Waals surface area contributed by atoms with E-state index in [1.807, 2.05) is 30.5 Å². The normalized spacial score (nSPS) is 18.1. The number of rotatable bonds is 3. The standard InChI is InChI=1S/C15H15NO2S/c1-10-9-19-14(16-10)8-13(17)15-12-5-3-2-4-11(12)6-7-18-15/h2-5,9,15H,6-8H2,1H3. The highest BCUT2D eigenvalue weighted by Gasteiger charge is 2.27. The third-order valence-corrected chi connectivity index (χ3v) is 4.24. The predicted molar refractivity (Wildman–Crippen MR) is 74.4 cm³/mol. The third kappa shape index (κ3) is 2.60. The van der Waals surface area contributed by atoms with Gasteiger partial charge in [-0.2, -0.15) is 0 Å². The second-order valence-electron chi connectivity index (χ2n) is 4.73. The van der Waals surface area contributed by atoms with Crippen molar-refractivity contribution in [3.8, 4) is 0 Å². The first-order valence-corrected chi connectivity index (χ1v) is 7.25. The zero-order valence-corrected chi connectivity index (χ0v) is 11.6. The van der Waals surface area contributed by atoms with E-state index in [1.165, 1.54) is 16.9 Å². The van der Waals surface area contributed by atoms with Crippen molar-refractivity contribution in [1.82, 2.24) is 4.98 Å². The summed E-state index contributed by atoms with van der Waals surface area (Å²) in [6.45, 7) is 2.56. The molecule has 0 aliphatic carbocycles. The Balaban J connectivity index is 1.81. The molecule has 1 atom stereocenters. The molecule has 1 aliphatic rings. The van der Waals surface area contributed by atoms with Gasteiger partial charge in [-0.25, -0.2) is 4.98 Å². The monoisotopic (exact) mass is 273 g/mol. The molecule has 3 rings (SSSR count). The summed E-state index contributed by atoms with van der Waals surface area (Å²) in [5.74, 6) is 0.0986. The van der Waals surface area contributed by atoms with Crippen molar-refractivity contribution in [3.05, 3.63) is 51.5 Å². The number of ether oxygens (including phenoxy) is 1. The lowest BCUT2D eigenvalue weighted by Gasteiger charge is -2.24. The maximum atomic E-state index is 12.4. The molecule has 0 spiro atoms. The number of aryl methyl sites for hydroxylation is 1. The predicted octanol–water partition coefficient (Wildman–Crippen LogP) is 2.88. The van der Waals surface area contributed by atoms with Gasteiger partial charge in [0.25, 0.3) is 0 Å². The molecular formula is C15H15NO2S. The highest BCUT2D eigenvalue weighted by molar-refractivity contribution is 7.09. The highest BCUT2D eigenvalue weighted by atomic mass is 32.1. The van der Waals surface area contributed by atoms with Gasteiger partial charge in [0, 0.05) is 11.1 Å². The number of thiazole rings is 1. The molecule has 1 aromatic carbocycles. The van der Waals surface area contributed by atoms with E-state index in [2.05, 4.69) is 11.1 Å². The number of ketones is 1. The first-order valence-electron chi connectivity index (χ1n) is 6.37. The van der Waals surface area contributed by atoms with Crippen LogP contribution in [0.1, 0.15) is 27.9 Å². The summed E-state index contributed by atoms with van der Waals surface area (Å²) < 4.78 is 5.67. The Labute approximate surface area is 116 Å². The number of aromatic nitrogens is 1. The minimum absolute atomic E-state index is 0.0986. The van der Waals surface area contributed by atoms with E-state index in [9.17, 15) is 4.79 Å². The van der Waals surface area contributed by atoms with Crippen molar-refractivity contribution in [2.45, 2.75) is 25.9 Å². The lowest BCUT2D eigenvalue weighted by Crippen LogP contribution is -2.24. The fourth-order valence-electron chi connectivity index (χ4n) is 2.39. The molecule has 1 aliphatic heterocycles. The molecule has 0 saturated carbocycles. The van der Waals surface area contributed by atoms with E-state index in [0.29, 0.717) is 13.0 Å². The van der Waals surface area contributed by atoms with Crippen LogP contribution in [0.4, 0.5) is 0 Å². The fourth-order valence-corrected chi connectivity index (χ4v) is 3.17. The van der Waals surface area contributed by atoms with Crippen LogP contribution in [0.25, 0.3) is 0 Å². The second kappa shape index (κ2) is 5.23. The van der Waals surface area contributed by atoms with Crippen LogP contribution >= 0.6 is 11.3 Å². The van der Waals surface area contributed by atoms with Gasteiger partial charge in [0.15, 0.2) is 5.78 Å². The summed E-state index contributed by atoms with van der Waals surface area (Å²) in [6, 6.07) is 8.03. The van der Waals surface area contributed by atoms with Crippen LogP contribution in [0.3, 0.4) is 0 Å². The van der Waals surface area contributed by atoms with Crippen LogP contribution in [0.2, 0.25) is 0 Å². The Morgan fingerprint density at radius 3 is 3.11 bits per heavy atom. The second-order valence-corrected chi connectivity index (χ2v) is 5.67. The molecule has 19 heavy (non-hydrogen) atoms. The van der Waals surface area contributed by atoms with Crippen molar-refractivity contribution in [1.29, 1.82) is 0 Å². The van der Waals surface area contributed by atoms with Gasteiger partial charge >= 0.3 is 0 Å². The first kappa shape index (κ1) is 12.5. The van der Waals surface area contributed by atoms with Crippen molar-refractivity contribution in [2.24, 2.45) is 0 Å². The van der Waals surface area contributed by atoms with E-state index in [4.69, 9.17) is 4.74 Å². The Hall–Kier alpha value is -1.52. The van der Waals surface area contributed by atoms with Gasteiger partial charge in [-0.3, -0.25) is 4.79 Å². The summed E-state index contributed by atoms with van der Waals surface area (Å²) in [4.78, 5) is 16.7. The fraction of sp³-hybridized carbons (Fsp3) is 0.333. The lowest BCUT2D eigenvalue weighted by atomic mass is 9.94. The minimum atomic E-state index is -0.422. The number of carbonyl (C=O) groups is 1. The van der Waals surface area contributed by atoms with Crippen molar-refractivity contribution < 1.29 is 9.53 Å². The zero-order chi connectivity index (χ0) is 13.2. The van der Waals surface area contributed by atoms with Crippen LogP contribution in [0, 0.1) is 6.92 Å². The highest BCUT2D eigenvalue weighted by Crippen LogP contribution is 2.28. The van der Waals surface area contributed by atoms with Crippen LogP contribution in [-0.4, -0.2) is 17.4 Å². The largest absolute Gasteiger partial charge is 0.365 e. The number of carbonyl (C=O) groups excluding carboxylic acids is 1. The van der Waals surface area contributed by atoms with E-state index >= 15 is 0 Å². The molecule has 2 aromatic rings. The molecule has 0 amide bonds. The number of fused-ring (bicyclic) bond motifs is 1. The summed E-state index contributed by atoms with van der Waals surface area (Å²) in [5, 5.41) is 2.84. The SMILES string of the molecule is Cc1csc(CC(=O)C2OCCc3ccccc32)n1. The molecule has 2 heterocycles. The molecule has 0 fully saturated rings. The third-order valence-electron chi connectivity index (χ3n) is 3.28. The number of benzene rings is 1. The Morgan fingerprint density at radius 1 is 1.47 bits per heavy atom. The van der Waals surface area contributed by atoms with Crippen molar-refractivity contribution in [2.75, 3.05) is 6.61 Å². The number of Topliss-reactive ketones (excluding diaryl/α,β-unsaturated/α-hetero) is 1. The molecule has 98 valence electrons. The van der Waals surface area contributed by atoms with E-state index in [-0.39, 0.29) is 5.78 Å². The van der Waals surface area contributed by atoms with Crippen LogP contribution in [-0.2, 0) is 22.4 Å². The van der Waals surface area contributed by atoms with E-state index in [1.54, 1.807) is 0 Å². The van der Waals surface area contributed by atoms with Crippen molar-refractivity contribution >= 4 is 17.1 Å². The van der Waals surface area contributed by atoms with Crippen molar-refractivity contribution in [3.63, 3.8) is 0 Å². The van der Waals surface area contributed by atoms with Gasteiger partial charge in [0.1, 0.15) is 11.1 Å². The van der Waals surface area contributed by atoms with Crippen LogP contribution in [0.5, 0.6) is 0 Å². The van der Waals surface area contributed by atoms with Gasteiger partial charge in [0.2, 0.25) is 0 Å². The average Bonchev–Trinajstić information content (AvgIpc) is 2.83. The summed E-state index contributed by atoms with van der Waals surface area (Å²) >= 11 is 1.54. The minimum Gasteiger partial charge on any atom is -0.365 e. The van der Waals surface area contributed by atoms with Gasteiger partial charge in [-0.1, -0.05) is 24.3 Å². The average molecular weight is 273 g/mol. The molecule has 4 heteroatoms. The summed E-state index contributed by atoms with van der Waals surface area (Å²) in [5.41, 5.74) is 3.22. The topological polar surface area (TPSA) is 39.2 Å². The molecular weight excluding hydrogens is 258 g/mol. The van der Waals surface area contributed by atoms with E-state index < -0.39 is 6.10 Å². The smallest absolute Gasteiger partial charge is 0.172 e. The van der Waals surface area contributed by atoms with Crippen LogP contribution < -0.4 is 0 Å². The summed E-state index contributed by atoms with van der Waals surface area (Å²) in [6.07, 6.45) is 0.822. The molecule has 1 aromatic heterocycles. The van der Waals surface area contributed by atoms with Gasteiger partial charge in [-0.05, 0) is 24.5 Å². The molecule has 0 N–H and O–H groups in total. The molecule has 0 radical (unpaired) electrons. The van der Waals surface area contributed by atoms with Gasteiger partial charge in [-0.15, -0.1) is 11.3 Å². The maximum absolute atomic E-state index is 12.4. The summed E-state index contributed by atoms with van der Waals surface area (Å²) in [7, 11) is 0. The quantitative estimate of drug-likeness (QED) is 0.863.